The summed E-state index contributed by atoms with van der Waals surface area (Å²) in [6.45, 7) is 4.88. The van der Waals surface area contributed by atoms with Crippen LogP contribution < -0.4 is 10.1 Å². The van der Waals surface area contributed by atoms with E-state index >= 15 is 0 Å². The van der Waals surface area contributed by atoms with E-state index in [1.807, 2.05) is 13.8 Å². The Morgan fingerprint density at radius 2 is 1.82 bits per heavy atom. The lowest BCUT2D eigenvalue weighted by Crippen LogP contribution is -2.23. The first-order valence-corrected chi connectivity index (χ1v) is 5.50. The molecule has 0 amide bonds. The molecule has 0 aliphatic rings. The average molecular weight is 237 g/mol. The molecule has 1 N–H and O–H groups in total. The molecule has 4 heteroatoms. The molecule has 94 valence electrons. The lowest BCUT2D eigenvalue weighted by atomic mass is 10.1. The van der Waals surface area contributed by atoms with E-state index in [2.05, 4.69) is 22.2 Å². The van der Waals surface area contributed by atoms with Gasteiger partial charge in [0.25, 0.3) is 0 Å². The Balaban J connectivity index is 2.64. The Morgan fingerprint density at radius 3 is 2.29 bits per heavy atom. The second kappa shape index (κ2) is 6.25. The second-order valence-corrected chi connectivity index (χ2v) is 3.94. The molecule has 0 fully saturated rings. The van der Waals surface area contributed by atoms with Crippen LogP contribution in [0.15, 0.2) is 12.1 Å². The predicted molar refractivity (Wildman–Crippen MR) is 66.2 cm³/mol. The fourth-order valence-electron chi connectivity index (χ4n) is 1.85. The van der Waals surface area contributed by atoms with Gasteiger partial charge < -0.3 is 14.8 Å². The van der Waals surface area contributed by atoms with Crippen LogP contribution in [-0.4, -0.2) is 26.7 Å². The van der Waals surface area contributed by atoms with Crippen LogP contribution in [0.2, 0.25) is 0 Å². The fraction of sp³-hybridized carbons (Fsp3) is 0.462. The van der Waals surface area contributed by atoms with E-state index in [0.717, 1.165) is 22.4 Å². The number of rotatable bonds is 5. The van der Waals surface area contributed by atoms with Crippen molar-refractivity contribution in [2.45, 2.75) is 20.4 Å². The SMILES string of the molecule is COC(=O)CNCc1cc(C)c(OC)c(C)c1. The van der Waals surface area contributed by atoms with Gasteiger partial charge in [0.2, 0.25) is 0 Å². The number of carbonyl (C=O) groups is 1. The highest BCUT2D eigenvalue weighted by Gasteiger charge is 2.05. The molecule has 1 rings (SSSR count). The molecule has 0 heterocycles. The lowest BCUT2D eigenvalue weighted by molar-refractivity contribution is -0.139. The van der Waals surface area contributed by atoms with E-state index in [1.165, 1.54) is 7.11 Å². The van der Waals surface area contributed by atoms with Crippen LogP contribution in [0.1, 0.15) is 16.7 Å². The largest absolute Gasteiger partial charge is 0.496 e. The second-order valence-electron chi connectivity index (χ2n) is 3.94. The van der Waals surface area contributed by atoms with Crippen LogP contribution in [0, 0.1) is 13.8 Å². The van der Waals surface area contributed by atoms with Gasteiger partial charge in [-0.05, 0) is 30.5 Å². The van der Waals surface area contributed by atoms with Crippen molar-refractivity contribution in [2.24, 2.45) is 0 Å². The first-order valence-electron chi connectivity index (χ1n) is 5.50. The molecule has 1 aromatic carbocycles. The lowest BCUT2D eigenvalue weighted by Gasteiger charge is -2.11. The molecular weight excluding hydrogens is 218 g/mol. The molecule has 0 radical (unpaired) electrons. The van der Waals surface area contributed by atoms with Crippen LogP contribution in [0.3, 0.4) is 0 Å². The highest BCUT2D eigenvalue weighted by molar-refractivity contribution is 5.71. The third-order valence-corrected chi connectivity index (χ3v) is 2.55. The summed E-state index contributed by atoms with van der Waals surface area (Å²) in [6.07, 6.45) is 0. The van der Waals surface area contributed by atoms with Gasteiger partial charge in [-0.2, -0.15) is 0 Å². The minimum atomic E-state index is -0.257. The number of aryl methyl sites for hydroxylation is 2. The number of carbonyl (C=O) groups excluding carboxylic acids is 1. The molecule has 0 unspecified atom stereocenters. The van der Waals surface area contributed by atoms with Gasteiger partial charge in [-0.15, -0.1) is 0 Å². The molecule has 17 heavy (non-hydrogen) atoms. The van der Waals surface area contributed by atoms with Crippen molar-refractivity contribution in [1.82, 2.24) is 5.32 Å². The van der Waals surface area contributed by atoms with Crippen molar-refractivity contribution in [1.29, 1.82) is 0 Å². The van der Waals surface area contributed by atoms with Gasteiger partial charge in [0, 0.05) is 6.54 Å². The molecule has 0 saturated heterocycles. The summed E-state index contributed by atoms with van der Waals surface area (Å²) >= 11 is 0. The predicted octanol–water partition coefficient (Wildman–Crippen LogP) is 1.57. The number of nitrogens with one attached hydrogen (secondary N) is 1. The Morgan fingerprint density at radius 1 is 1.24 bits per heavy atom. The molecule has 0 aliphatic heterocycles. The standard InChI is InChI=1S/C13H19NO3/c1-9-5-11(6-10(2)13(9)17-4)7-14-8-12(15)16-3/h5-6,14H,7-8H2,1-4H3. The van der Waals surface area contributed by atoms with Crippen molar-refractivity contribution in [3.8, 4) is 5.75 Å². The number of ether oxygens (including phenoxy) is 2. The van der Waals surface area contributed by atoms with Crippen molar-refractivity contribution in [3.63, 3.8) is 0 Å². The minimum Gasteiger partial charge on any atom is -0.496 e. The van der Waals surface area contributed by atoms with Crippen molar-refractivity contribution in [3.05, 3.63) is 28.8 Å². The first kappa shape index (κ1) is 13.5. The summed E-state index contributed by atoms with van der Waals surface area (Å²) in [7, 11) is 3.05. The van der Waals surface area contributed by atoms with E-state index < -0.39 is 0 Å². The highest BCUT2D eigenvalue weighted by Crippen LogP contribution is 2.24. The molecule has 0 aromatic heterocycles. The fourth-order valence-corrected chi connectivity index (χ4v) is 1.85. The molecule has 0 saturated carbocycles. The summed E-state index contributed by atoms with van der Waals surface area (Å²) in [6, 6.07) is 4.10. The van der Waals surface area contributed by atoms with E-state index in [1.54, 1.807) is 7.11 Å². The topological polar surface area (TPSA) is 47.6 Å². The maximum Gasteiger partial charge on any atom is 0.319 e. The molecule has 1 aromatic rings. The smallest absolute Gasteiger partial charge is 0.319 e. The van der Waals surface area contributed by atoms with Crippen LogP contribution in [-0.2, 0) is 16.1 Å². The Labute approximate surface area is 102 Å². The quantitative estimate of drug-likeness (QED) is 0.790. The Bertz CT molecular complexity index is 379. The Hall–Kier alpha value is -1.55. The summed E-state index contributed by atoms with van der Waals surface area (Å²) in [5.74, 6) is 0.661. The van der Waals surface area contributed by atoms with Gasteiger partial charge >= 0.3 is 5.97 Å². The van der Waals surface area contributed by atoms with Gasteiger partial charge in [0.05, 0.1) is 20.8 Å². The minimum absolute atomic E-state index is 0.223. The maximum absolute atomic E-state index is 10.9. The molecule has 4 nitrogen and oxygen atoms in total. The van der Waals surface area contributed by atoms with E-state index in [0.29, 0.717) is 6.54 Å². The van der Waals surface area contributed by atoms with Crippen molar-refractivity contribution >= 4 is 5.97 Å². The van der Waals surface area contributed by atoms with Crippen molar-refractivity contribution < 1.29 is 14.3 Å². The van der Waals surface area contributed by atoms with E-state index in [4.69, 9.17) is 4.74 Å². The average Bonchev–Trinajstić information content (AvgIpc) is 2.28. The van der Waals surface area contributed by atoms with E-state index in [9.17, 15) is 4.79 Å². The molecule has 0 bridgehead atoms. The number of hydrogen-bond acceptors (Lipinski definition) is 4. The third kappa shape index (κ3) is 3.75. The van der Waals surface area contributed by atoms with Crippen LogP contribution in [0.4, 0.5) is 0 Å². The maximum atomic E-state index is 10.9. The Kier molecular flexibility index (Phi) is 4.97. The number of esters is 1. The van der Waals surface area contributed by atoms with Gasteiger partial charge in [-0.1, -0.05) is 12.1 Å². The van der Waals surface area contributed by atoms with Crippen LogP contribution in [0.5, 0.6) is 5.75 Å². The monoisotopic (exact) mass is 237 g/mol. The number of benzene rings is 1. The van der Waals surface area contributed by atoms with Crippen molar-refractivity contribution in [2.75, 3.05) is 20.8 Å². The third-order valence-electron chi connectivity index (χ3n) is 2.55. The zero-order chi connectivity index (χ0) is 12.8. The molecule has 0 atom stereocenters. The van der Waals surface area contributed by atoms with Crippen LogP contribution in [0.25, 0.3) is 0 Å². The summed E-state index contributed by atoms with van der Waals surface area (Å²) < 4.78 is 9.85. The van der Waals surface area contributed by atoms with Crippen LogP contribution >= 0.6 is 0 Å². The molecular formula is C13H19NO3. The molecule has 0 aliphatic carbocycles. The first-order chi connectivity index (χ1) is 8.08. The summed E-state index contributed by atoms with van der Waals surface area (Å²) in [4.78, 5) is 10.9. The zero-order valence-corrected chi connectivity index (χ0v) is 10.8. The summed E-state index contributed by atoms with van der Waals surface area (Å²) in [5.41, 5.74) is 3.33. The molecule has 0 spiro atoms. The van der Waals surface area contributed by atoms with Gasteiger partial charge in [-0.3, -0.25) is 4.79 Å². The summed E-state index contributed by atoms with van der Waals surface area (Å²) in [5, 5.41) is 3.03. The van der Waals surface area contributed by atoms with Gasteiger partial charge in [0.1, 0.15) is 5.75 Å². The number of methoxy groups -OCH3 is 2. The van der Waals surface area contributed by atoms with E-state index in [-0.39, 0.29) is 12.5 Å². The highest BCUT2D eigenvalue weighted by atomic mass is 16.5. The van der Waals surface area contributed by atoms with Gasteiger partial charge in [0.15, 0.2) is 0 Å². The number of hydrogen-bond donors (Lipinski definition) is 1. The van der Waals surface area contributed by atoms with Gasteiger partial charge in [-0.25, -0.2) is 0 Å². The normalized spacial score (nSPS) is 10.1. The zero-order valence-electron chi connectivity index (χ0n) is 10.8.